The van der Waals surface area contributed by atoms with E-state index in [4.69, 9.17) is 5.11 Å². The molecule has 0 saturated carbocycles. The summed E-state index contributed by atoms with van der Waals surface area (Å²) in [6.45, 7) is 0. The van der Waals surface area contributed by atoms with E-state index in [0.29, 0.717) is 16.8 Å². The van der Waals surface area contributed by atoms with Gasteiger partial charge in [0.25, 0.3) is 0 Å². The molecule has 0 aliphatic heterocycles. The van der Waals surface area contributed by atoms with Gasteiger partial charge < -0.3 is 10.4 Å². The highest BCUT2D eigenvalue weighted by atomic mass is 16.4. The van der Waals surface area contributed by atoms with Crippen LogP contribution in [0.4, 0.5) is 5.69 Å². The highest BCUT2D eigenvalue weighted by molar-refractivity contribution is 6.22. The summed E-state index contributed by atoms with van der Waals surface area (Å²) in [5.41, 5.74) is 3.33. The third kappa shape index (κ3) is 2.40. The first kappa shape index (κ1) is 13.8. The van der Waals surface area contributed by atoms with Gasteiger partial charge in [0.2, 0.25) is 5.91 Å². The quantitative estimate of drug-likeness (QED) is 0.727. The van der Waals surface area contributed by atoms with E-state index in [0.717, 1.165) is 23.3 Å². The number of carbonyl (C=O) groups is 3. The molecule has 5 heteroatoms. The van der Waals surface area contributed by atoms with Crippen molar-refractivity contribution in [3.05, 3.63) is 65.7 Å². The predicted molar refractivity (Wildman–Crippen MR) is 80.7 cm³/mol. The van der Waals surface area contributed by atoms with Crippen molar-refractivity contribution in [2.24, 2.45) is 0 Å². The molecule has 108 valence electrons. The smallest absolute Gasteiger partial charge is 0.328 e. The Bertz CT molecular complexity index is 836. The van der Waals surface area contributed by atoms with Gasteiger partial charge in [0, 0.05) is 29.0 Å². The van der Waals surface area contributed by atoms with Crippen molar-refractivity contribution in [3.8, 4) is 11.1 Å². The number of benzene rings is 2. The number of carbonyl (C=O) groups excluding carboxylic acids is 2. The number of carboxylic acids is 1. The highest BCUT2D eigenvalue weighted by Crippen LogP contribution is 2.37. The summed E-state index contributed by atoms with van der Waals surface area (Å²) < 4.78 is 0. The minimum absolute atomic E-state index is 0.0808. The molecule has 2 aromatic carbocycles. The van der Waals surface area contributed by atoms with Crippen LogP contribution in [0.1, 0.15) is 15.9 Å². The Hall–Kier alpha value is -3.21. The second-order valence-electron chi connectivity index (χ2n) is 4.80. The summed E-state index contributed by atoms with van der Waals surface area (Å²) in [6.07, 6.45) is 1.68. The number of fused-ring (bicyclic) bond motifs is 3. The molecular formula is C17H11NO4. The number of anilines is 1. The number of hydrogen-bond donors (Lipinski definition) is 2. The van der Waals surface area contributed by atoms with Gasteiger partial charge in [0.1, 0.15) is 0 Å². The van der Waals surface area contributed by atoms with Crippen LogP contribution in [0.15, 0.2) is 54.6 Å². The fourth-order valence-electron chi connectivity index (χ4n) is 2.44. The Balaban J connectivity index is 1.89. The largest absolute Gasteiger partial charge is 0.478 e. The van der Waals surface area contributed by atoms with Crippen molar-refractivity contribution in [2.45, 2.75) is 0 Å². The SMILES string of the molecule is O=C(O)/C=C/C(=O)Nc1ccc2c(c1)C(=O)c1ccccc1-2. The molecule has 0 atom stereocenters. The van der Waals surface area contributed by atoms with E-state index >= 15 is 0 Å². The van der Waals surface area contributed by atoms with Gasteiger partial charge in [-0.25, -0.2) is 4.79 Å². The molecule has 1 aliphatic rings. The van der Waals surface area contributed by atoms with Crippen molar-refractivity contribution < 1.29 is 19.5 Å². The first-order chi connectivity index (χ1) is 10.6. The fraction of sp³-hybridized carbons (Fsp3) is 0. The second kappa shape index (κ2) is 5.29. The van der Waals surface area contributed by atoms with Crippen molar-refractivity contribution in [2.75, 3.05) is 5.32 Å². The van der Waals surface area contributed by atoms with Crippen LogP contribution >= 0.6 is 0 Å². The zero-order valence-corrected chi connectivity index (χ0v) is 11.4. The maximum atomic E-state index is 12.3. The molecule has 0 unspecified atom stereocenters. The van der Waals surface area contributed by atoms with E-state index in [1.165, 1.54) is 0 Å². The van der Waals surface area contributed by atoms with Gasteiger partial charge in [0.15, 0.2) is 5.78 Å². The molecule has 0 fully saturated rings. The molecule has 0 aromatic heterocycles. The van der Waals surface area contributed by atoms with Crippen LogP contribution in [0.3, 0.4) is 0 Å². The molecule has 22 heavy (non-hydrogen) atoms. The standard InChI is InChI=1S/C17H11NO4/c19-15(7-8-16(20)21)18-10-5-6-12-11-3-1-2-4-13(11)17(22)14(12)9-10/h1-9H,(H,18,19)(H,20,21)/b8-7+. The average molecular weight is 293 g/mol. The first-order valence-electron chi connectivity index (χ1n) is 6.56. The molecule has 5 nitrogen and oxygen atoms in total. The maximum Gasteiger partial charge on any atom is 0.328 e. The number of carboxylic acid groups (broad SMARTS) is 1. The molecule has 0 heterocycles. The highest BCUT2D eigenvalue weighted by Gasteiger charge is 2.26. The molecule has 1 amide bonds. The monoisotopic (exact) mass is 293 g/mol. The maximum absolute atomic E-state index is 12.3. The number of hydrogen-bond acceptors (Lipinski definition) is 3. The lowest BCUT2D eigenvalue weighted by Crippen LogP contribution is -2.09. The zero-order chi connectivity index (χ0) is 15.7. The Labute approximate surface area is 125 Å². The summed E-state index contributed by atoms with van der Waals surface area (Å²) in [4.78, 5) is 34.3. The molecule has 0 spiro atoms. The topological polar surface area (TPSA) is 83.5 Å². The third-order valence-corrected chi connectivity index (χ3v) is 3.37. The molecule has 2 aromatic rings. The number of aliphatic carboxylic acids is 1. The molecule has 2 N–H and O–H groups in total. The van der Waals surface area contributed by atoms with Crippen molar-refractivity contribution in [1.82, 2.24) is 0 Å². The summed E-state index contributed by atoms with van der Waals surface area (Å²) in [5, 5.41) is 11.0. The molecule has 0 saturated heterocycles. The van der Waals surface area contributed by atoms with E-state index in [-0.39, 0.29) is 5.78 Å². The Kier molecular flexibility index (Phi) is 3.31. The minimum Gasteiger partial charge on any atom is -0.478 e. The van der Waals surface area contributed by atoms with E-state index < -0.39 is 11.9 Å². The van der Waals surface area contributed by atoms with Crippen LogP contribution in [0.5, 0.6) is 0 Å². The molecular weight excluding hydrogens is 282 g/mol. The van der Waals surface area contributed by atoms with Crippen molar-refractivity contribution in [1.29, 1.82) is 0 Å². The molecule has 3 rings (SSSR count). The van der Waals surface area contributed by atoms with E-state index in [2.05, 4.69) is 5.32 Å². The van der Waals surface area contributed by atoms with Gasteiger partial charge in [-0.05, 0) is 23.3 Å². The zero-order valence-electron chi connectivity index (χ0n) is 11.4. The third-order valence-electron chi connectivity index (χ3n) is 3.37. The van der Waals surface area contributed by atoms with E-state index in [9.17, 15) is 14.4 Å². The van der Waals surface area contributed by atoms with Crippen LogP contribution in [0.25, 0.3) is 11.1 Å². The Morgan fingerprint density at radius 2 is 1.59 bits per heavy atom. The van der Waals surface area contributed by atoms with Crippen molar-refractivity contribution >= 4 is 23.3 Å². The number of rotatable bonds is 3. The average Bonchev–Trinajstić information content (AvgIpc) is 2.79. The number of amides is 1. The van der Waals surface area contributed by atoms with Crippen molar-refractivity contribution in [3.63, 3.8) is 0 Å². The first-order valence-corrected chi connectivity index (χ1v) is 6.56. The number of ketones is 1. The van der Waals surface area contributed by atoms with Gasteiger partial charge in [-0.15, -0.1) is 0 Å². The van der Waals surface area contributed by atoms with Crippen LogP contribution in [-0.2, 0) is 9.59 Å². The summed E-state index contributed by atoms with van der Waals surface area (Å²) >= 11 is 0. The summed E-state index contributed by atoms with van der Waals surface area (Å²) in [6, 6.07) is 12.4. The van der Waals surface area contributed by atoms with Crippen LogP contribution in [0, 0.1) is 0 Å². The summed E-state index contributed by atoms with van der Waals surface area (Å²) in [7, 11) is 0. The van der Waals surface area contributed by atoms with Gasteiger partial charge in [-0.2, -0.15) is 0 Å². The summed E-state index contributed by atoms with van der Waals surface area (Å²) in [5.74, 6) is -1.84. The number of nitrogens with one attached hydrogen (secondary N) is 1. The molecule has 0 radical (unpaired) electrons. The Morgan fingerprint density at radius 3 is 2.32 bits per heavy atom. The van der Waals surface area contributed by atoms with Crippen LogP contribution < -0.4 is 5.32 Å². The lowest BCUT2D eigenvalue weighted by Gasteiger charge is -2.05. The molecule has 1 aliphatic carbocycles. The van der Waals surface area contributed by atoms with Gasteiger partial charge in [0.05, 0.1) is 0 Å². The predicted octanol–water partition coefficient (Wildman–Crippen LogP) is 2.48. The van der Waals surface area contributed by atoms with Gasteiger partial charge >= 0.3 is 5.97 Å². The van der Waals surface area contributed by atoms with Gasteiger partial charge in [-0.3, -0.25) is 9.59 Å². The lowest BCUT2D eigenvalue weighted by atomic mass is 10.1. The van der Waals surface area contributed by atoms with Gasteiger partial charge in [-0.1, -0.05) is 30.3 Å². The normalized spacial score (nSPS) is 12.1. The second-order valence-corrected chi connectivity index (χ2v) is 4.80. The lowest BCUT2D eigenvalue weighted by molar-refractivity contribution is -0.131. The fourth-order valence-corrected chi connectivity index (χ4v) is 2.44. The van der Waals surface area contributed by atoms with Crippen LogP contribution in [-0.4, -0.2) is 22.8 Å². The van der Waals surface area contributed by atoms with E-state index in [1.807, 2.05) is 18.2 Å². The Morgan fingerprint density at radius 1 is 0.909 bits per heavy atom. The minimum atomic E-state index is -1.20. The van der Waals surface area contributed by atoms with Crippen LogP contribution in [0.2, 0.25) is 0 Å². The molecule has 0 bridgehead atoms. The van der Waals surface area contributed by atoms with E-state index in [1.54, 1.807) is 24.3 Å².